The molecule has 2 nitrogen and oxygen atoms in total. The Morgan fingerprint density at radius 1 is 1.47 bits per heavy atom. The molecule has 0 aliphatic heterocycles. The Balaban J connectivity index is 4.71. The van der Waals surface area contributed by atoms with Crippen molar-refractivity contribution in [3.63, 3.8) is 0 Å². The van der Waals surface area contributed by atoms with Crippen LogP contribution in [0.4, 0.5) is 0 Å². The maximum absolute atomic E-state index is 9.64. The molecule has 0 heterocycles. The smallest absolute Gasteiger partial charge is 0.0911 e. The van der Waals surface area contributed by atoms with E-state index in [-0.39, 0.29) is 5.92 Å². The van der Waals surface area contributed by atoms with Gasteiger partial charge in [-0.3, -0.25) is 4.42 Å². The summed E-state index contributed by atoms with van der Waals surface area (Å²) in [5.74, 6) is 0.481. The lowest BCUT2D eigenvalue weighted by molar-refractivity contribution is 0.337. The van der Waals surface area contributed by atoms with Crippen LogP contribution in [0, 0.1) is 5.92 Å². The number of hydrogen-bond acceptors (Lipinski definition) is 2. The van der Waals surface area contributed by atoms with Crippen LogP contribution in [-0.2, 0) is 0 Å². The lowest BCUT2D eigenvalue weighted by atomic mass is 9.97. The molecule has 0 rings (SSSR count). The van der Waals surface area contributed by atoms with Gasteiger partial charge in [0.2, 0.25) is 0 Å². The van der Waals surface area contributed by atoms with Gasteiger partial charge in [0, 0.05) is 24.2 Å². The monoisotopic (exact) mass is 257 g/mol. The van der Waals surface area contributed by atoms with Gasteiger partial charge in [-0.25, -0.2) is 0 Å². The second-order valence-electron chi connectivity index (χ2n) is 4.10. The Morgan fingerprint density at radius 2 is 2.06 bits per heavy atom. The largest absolute Gasteiger partial charge is 0.512 e. The fourth-order valence-electron chi connectivity index (χ4n) is 1.64. The Labute approximate surface area is 110 Å². The second kappa shape index (κ2) is 8.24. The first-order valence-electron chi connectivity index (χ1n) is 6.14. The summed E-state index contributed by atoms with van der Waals surface area (Å²) >= 11 is 6.13. The third-order valence-corrected chi connectivity index (χ3v) is 3.07. The Hall–Kier alpha value is -0.890. The van der Waals surface area contributed by atoms with Crippen molar-refractivity contribution in [1.29, 1.82) is 0 Å². The van der Waals surface area contributed by atoms with Crippen LogP contribution in [0.15, 0.2) is 35.8 Å². The van der Waals surface area contributed by atoms with E-state index in [9.17, 15) is 5.11 Å². The molecule has 0 aliphatic carbocycles. The van der Waals surface area contributed by atoms with E-state index < -0.39 is 0 Å². The summed E-state index contributed by atoms with van der Waals surface area (Å²) < 4.78 is 1.67. The molecule has 0 aromatic heterocycles. The molecule has 0 spiro atoms. The van der Waals surface area contributed by atoms with E-state index in [0.29, 0.717) is 12.2 Å². The number of aliphatic hydroxyl groups is 1. The van der Waals surface area contributed by atoms with Gasteiger partial charge in [0.15, 0.2) is 0 Å². The molecule has 98 valence electrons. The van der Waals surface area contributed by atoms with Crippen molar-refractivity contribution in [3.05, 3.63) is 35.8 Å². The average molecular weight is 258 g/mol. The molecule has 1 unspecified atom stereocenters. The van der Waals surface area contributed by atoms with E-state index >= 15 is 0 Å². The molecular formula is C14H24ClNO. The Morgan fingerprint density at radius 3 is 2.47 bits per heavy atom. The lowest BCUT2D eigenvalue weighted by Crippen LogP contribution is -2.14. The number of nitrogens with zero attached hydrogens (tertiary/aromatic N) is 1. The van der Waals surface area contributed by atoms with E-state index in [1.165, 1.54) is 0 Å². The number of allylic oxidation sites excluding steroid dienone is 4. The SMILES string of the molecule is C=C(CC(C)/C(O)=C\C)/C(=C\CC)N(Cl)CC. The average Bonchev–Trinajstić information content (AvgIpc) is 2.33. The molecule has 0 fully saturated rings. The number of aliphatic hydroxyl groups excluding tert-OH is 1. The minimum Gasteiger partial charge on any atom is -0.512 e. The van der Waals surface area contributed by atoms with Crippen LogP contribution in [0.5, 0.6) is 0 Å². The fraction of sp³-hybridized carbons (Fsp3) is 0.571. The van der Waals surface area contributed by atoms with Gasteiger partial charge in [-0.15, -0.1) is 0 Å². The number of hydrogen-bond donors (Lipinski definition) is 1. The highest BCUT2D eigenvalue weighted by atomic mass is 35.5. The van der Waals surface area contributed by atoms with Crippen LogP contribution in [0.25, 0.3) is 0 Å². The van der Waals surface area contributed by atoms with Crippen molar-refractivity contribution in [1.82, 2.24) is 4.42 Å². The first-order chi connectivity index (χ1) is 7.97. The van der Waals surface area contributed by atoms with Crippen molar-refractivity contribution >= 4 is 11.8 Å². The van der Waals surface area contributed by atoms with Gasteiger partial charge in [0.1, 0.15) is 0 Å². The summed E-state index contributed by atoms with van der Waals surface area (Å²) in [7, 11) is 0. The molecule has 0 aromatic rings. The first-order valence-corrected chi connectivity index (χ1v) is 6.48. The Bertz CT molecular complexity index is 307. The quantitative estimate of drug-likeness (QED) is 0.402. The predicted octanol–water partition coefficient (Wildman–Crippen LogP) is 4.80. The van der Waals surface area contributed by atoms with Crippen LogP contribution in [0.1, 0.15) is 40.5 Å². The molecule has 0 saturated heterocycles. The summed E-state index contributed by atoms with van der Waals surface area (Å²) in [6.45, 7) is 12.7. The summed E-state index contributed by atoms with van der Waals surface area (Å²) in [5.41, 5.74) is 1.93. The van der Waals surface area contributed by atoms with Crippen LogP contribution >= 0.6 is 11.8 Å². The molecule has 17 heavy (non-hydrogen) atoms. The standard InChI is InChI=1S/C14H24ClNO/c1-6-9-13(16(15)8-3)11(4)10-12(5)14(17)7-2/h7,9,12,17H,4,6,8,10H2,1-3,5H3/b13-9+,14-7+. The normalized spacial score (nSPS) is 14.6. The van der Waals surface area contributed by atoms with Gasteiger partial charge in [0.25, 0.3) is 0 Å². The van der Waals surface area contributed by atoms with E-state index in [0.717, 1.165) is 24.2 Å². The van der Waals surface area contributed by atoms with E-state index in [4.69, 9.17) is 11.8 Å². The van der Waals surface area contributed by atoms with Gasteiger partial charge >= 0.3 is 0 Å². The van der Waals surface area contributed by atoms with Crippen LogP contribution in [0.3, 0.4) is 0 Å². The highest BCUT2D eigenvalue weighted by Gasteiger charge is 2.14. The van der Waals surface area contributed by atoms with Crippen LogP contribution in [-0.4, -0.2) is 16.1 Å². The maximum atomic E-state index is 9.64. The topological polar surface area (TPSA) is 23.5 Å². The molecule has 0 bridgehead atoms. The zero-order chi connectivity index (χ0) is 13.4. The third-order valence-electron chi connectivity index (χ3n) is 2.65. The van der Waals surface area contributed by atoms with E-state index in [1.54, 1.807) is 10.5 Å². The lowest BCUT2D eigenvalue weighted by Gasteiger charge is -2.21. The zero-order valence-electron chi connectivity index (χ0n) is 11.3. The highest BCUT2D eigenvalue weighted by molar-refractivity contribution is 6.14. The Kier molecular flexibility index (Phi) is 7.81. The van der Waals surface area contributed by atoms with Gasteiger partial charge < -0.3 is 5.11 Å². The second-order valence-corrected chi connectivity index (χ2v) is 4.51. The van der Waals surface area contributed by atoms with Gasteiger partial charge in [0.05, 0.1) is 11.5 Å². The van der Waals surface area contributed by atoms with Crippen LogP contribution in [0.2, 0.25) is 0 Å². The maximum Gasteiger partial charge on any atom is 0.0911 e. The molecule has 0 radical (unpaired) electrons. The minimum absolute atomic E-state index is 0.0784. The van der Waals surface area contributed by atoms with E-state index in [2.05, 4.69) is 19.6 Å². The molecule has 0 aliphatic rings. The molecule has 1 N–H and O–H groups in total. The first kappa shape index (κ1) is 16.1. The minimum atomic E-state index is 0.0784. The number of halogens is 1. The molecular weight excluding hydrogens is 234 g/mol. The summed E-state index contributed by atoms with van der Waals surface area (Å²) in [5, 5.41) is 9.64. The molecule has 1 atom stereocenters. The van der Waals surface area contributed by atoms with Crippen molar-refractivity contribution in [2.75, 3.05) is 6.54 Å². The van der Waals surface area contributed by atoms with Crippen molar-refractivity contribution < 1.29 is 5.11 Å². The van der Waals surface area contributed by atoms with Crippen molar-refractivity contribution in [2.45, 2.75) is 40.5 Å². The summed E-state index contributed by atoms with van der Waals surface area (Å²) in [4.78, 5) is 0. The molecule has 0 saturated carbocycles. The molecule has 0 amide bonds. The summed E-state index contributed by atoms with van der Waals surface area (Å²) in [6, 6.07) is 0. The zero-order valence-corrected chi connectivity index (χ0v) is 12.1. The van der Waals surface area contributed by atoms with Gasteiger partial charge in [-0.05, 0) is 38.3 Å². The van der Waals surface area contributed by atoms with Crippen molar-refractivity contribution in [2.24, 2.45) is 5.92 Å². The number of rotatable bonds is 7. The van der Waals surface area contributed by atoms with Crippen molar-refractivity contribution in [3.8, 4) is 0 Å². The highest BCUT2D eigenvalue weighted by Crippen LogP contribution is 2.25. The number of likely N-dealkylation sites (N-methyl/N-ethyl adjacent to an activating group) is 1. The molecule has 3 heteroatoms. The van der Waals surface area contributed by atoms with Gasteiger partial charge in [-0.1, -0.05) is 26.5 Å². The third kappa shape index (κ3) is 5.31. The fourth-order valence-corrected chi connectivity index (χ4v) is 1.83. The summed E-state index contributed by atoms with van der Waals surface area (Å²) in [6.07, 6.45) is 5.42. The molecule has 0 aromatic carbocycles. The van der Waals surface area contributed by atoms with Gasteiger partial charge in [-0.2, -0.15) is 0 Å². The van der Waals surface area contributed by atoms with E-state index in [1.807, 2.05) is 20.8 Å². The van der Waals surface area contributed by atoms with Crippen LogP contribution < -0.4 is 0 Å². The predicted molar refractivity (Wildman–Crippen MR) is 75.9 cm³/mol.